The first-order chi connectivity index (χ1) is 5.43. The van der Waals surface area contributed by atoms with E-state index in [0.29, 0.717) is 0 Å². The lowest BCUT2D eigenvalue weighted by atomic mass is 10.1. The highest BCUT2D eigenvalue weighted by Gasteiger charge is 1.89. The summed E-state index contributed by atoms with van der Waals surface area (Å²) in [5.74, 6) is 0. The van der Waals surface area contributed by atoms with Gasteiger partial charge in [-0.1, -0.05) is 50.1 Å². The molecule has 0 heteroatoms. The third-order valence-electron chi connectivity index (χ3n) is 1.91. The lowest BCUT2D eigenvalue weighted by molar-refractivity contribution is 0.717. The Morgan fingerprint density at radius 2 is 1.73 bits per heavy atom. The van der Waals surface area contributed by atoms with E-state index in [9.17, 15) is 0 Å². The standard InChI is InChI=1S/C11H16/c1-2-3-5-8-11-9-6-4-7-10-11/h4,6-7,9-10H,2-3,5,8H2,1H3. The fourth-order valence-electron chi connectivity index (χ4n) is 1.22. The minimum absolute atomic E-state index is 1.24. The SMILES string of the molecule is CCCCCc1ccccc1. The van der Waals surface area contributed by atoms with Crippen molar-refractivity contribution in [1.82, 2.24) is 0 Å². The highest BCUT2D eigenvalue weighted by Crippen LogP contribution is 2.05. The molecule has 0 unspecified atom stereocenters. The average molecular weight is 148 g/mol. The van der Waals surface area contributed by atoms with Gasteiger partial charge in [0.15, 0.2) is 0 Å². The summed E-state index contributed by atoms with van der Waals surface area (Å²) in [6, 6.07) is 10.7. The zero-order valence-electron chi connectivity index (χ0n) is 7.22. The normalized spacial score (nSPS) is 9.91. The molecule has 0 amide bonds. The minimum Gasteiger partial charge on any atom is -0.0654 e. The predicted molar refractivity (Wildman–Crippen MR) is 49.7 cm³/mol. The minimum atomic E-state index is 1.24. The lowest BCUT2D eigenvalue weighted by Crippen LogP contribution is -1.83. The van der Waals surface area contributed by atoms with E-state index in [4.69, 9.17) is 0 Å². The fraction of sp³-hybridized carbons (Fsp3) is 0.455. The summed E-state index contributed by atoms with van der Waals surface area (Å²) in [6.45, 7) is 2.24. The molecule has 60 valence electrons. The molecule has 0 N–H and O–H groups in total. The van der Waals surface area contributed by atoms with Gasteiger partial charge in [-0.25, -0.2) is 0 Å². The topological polar surface area (TPSA) is 0 Å². The third kappa shape index (κ3) is 3.22. The maximum atomic E-state index is 2.24. The molecule has 0 fully saturated rings. The Labute approximate surface area is 69.3 Å². The molecule has 0 aromatic heterocycles. The van der Waals surface area contributed by atoms with Gasteiger partial charge in [-0.15, -0.1) is 0 Å². The highest BCUT2D eigenvalue weighted by atomic mass is 13.9. The van der Waals surface area contributed by atoms with Gasteiger partial charge < -0.3 is 0 Å². The van der Waals surface area contributed by atoms with Gasteiger partial charge >= 0.3 is 0 Å². The van der Waals surface area contributed by atoms with E-state index in [0.717, 1.165) is 0 Å². The van der Waals surface area contributed by atoms with Crippen LogP contribution in [0.4, 0.5) is 0 Å². The molecule has 0 spiro atoms. The molecule has 0 bridgehead atoms. The molecule has 11 heavy (non-hydrogen) atoms. The van der Waals surface area contributed by atoms with Crippen molar-refractivity contribution in [2.45, 2.75) is 32.6 Å². The molecule has 0 aliphatic heterocycles. The molecule has 0 aliphatic carbocycles. The van der Waals surface area contributed by atoms with Gasteiger partial charge in [0.1, 0.15) is 0 Å². The molecule has 0 saturated heterocycles. The molecular formula is C11H16. The van der Waals surface area contributed by atoms with Gasteiger partial charge in [0.25, 0.3) is 0 Å². The number of aryl methyl sites for hydroxylation is 1. The van der Waals surface area contributed by atoms with E-state index in [1.54, 1.807) is 0 Å². The van der Waals surface area contributed by atoms with E-state index >= 15 is 0 Å². The second-order valence-corrected chi connectivity index (χ2v) is 2.94. The van der Waals surface area contributed by atoms with Crippen LogP contribution in [0.25, 0.3) is 0 Å². The van der Waals surface area contributed by atoms with Crippen molar-refractivity contribution in [2.24, 2.45) is 0 Å². The van der Waals surface area contributed by atoms with Gasteiger partial charge in [-0.2, -0.15) is 0 Å². The second-order valence-electron chi connectivity index (χ2n) is 2.94. The zero-order chi connectivity index (χ0) is 7.94. The third-order valence-corrected chi connectivity index (χ3v) is 1.91. The van der Waals surface area contributed by atoms with Crippen molar-refractivity contribution in [3.63, 3.8) is 0 Å². The van der Waals surface area contributed by atoms with Gasteiger partial charge in [-0.3, -0.25) is 0 Å². The van der Waals surface area contributed by atoms with Crippen LogP contribution in [0.3, 0.4) is 0 Å². The van der Waals surface area contributed by atoms with Crippen LogP contribution in [0.5, 0.6) is 0 Å². The van der Waals surface area contributed by atoms with Crippen LogP contribution in [0.15, 0.2) is 30.3 Å². The molecule has 0 nitrogen and oxygen atoms in total. The Hall–Kier alpha value is -0.780. The summed E-state index contributed by atoms with van der Waals surface area (Å²) in [4.78, 5) is 0. The second kappa shape index (κ2) is 4.95. The number of hydrogen-bond acceptors (Lipinski definition) is 0. The summed E-state index contributed by atoms with van der Waals surface area (Å²) < 4.78 is 0. The molecule has 0 atom stereocenters. The summed E-state index contributed by atoms with van der Waals surface area (Å²) in [5, 5.41) is 0. The van der Waals surface area contributed by atoms with Crippen molar-refractivity contribution in [2.75, 3.05) is 0 Å². The lowest BCUT2D eigenvalue weighted by Gasteiger charge is -1.98. The summed E-state index contributed by atoms with van der Waals surface area (Å²) >= 11 is 0. The molecule has 1 aromatic carbocycles. The van der Waals surface area contributed by atoms with Crippen molar-refractivity contribution >= 4 is 0 Å². The Balaban J connectivity index is 2.28. The molecule has 0 heterocycles. The number of unbranched alkanes of at least 4 members (excludes halogenated alkanes) is 2. The van der Waals surface area contributed by atoms with Crippen molar-refractivity contribution in [1.29, 1.82) is 0 Å². The van der Waals surface area contributed by atoms with E-state index in [1.807, 2.05) is 0 Å². The summed E-state index contributed by atoms with van der Waals surface area (Å²) in [6.07, 6.45) is 5.25. The van der Waals surface area contributed by atoms with Crippen molar-refractivity contribution in [3.05, 3.63) is 35.9 Å². The molecule has 1 aromatic rings. The largest absolute Gasteiger partial charge is 0.0654 e. The molecule has 1 rings (SSSR count). The maximum absolute atomic E-state index is 2.24. The number of hydrogen-bond donors (Lipinski definition) is 0. The van der Waals surface area contributed by atoms with Crippen LogP contribution in [0.2, 0.25) is 0 Å². The summed E-state index contributed by atoms with van der Waals surface area (Å²) in [7, 11) is 0. The van der Waals surface area contributed by atoms with Crippen LogP contribution in [0, 0.1) is 0 Å². The quantitative estimate of drug-likeness (QED) is 0.574. The summed E-state index contributed by atoms with van der Waals surface area (Å²) in [5.41, 5.74) is 1.47. The monoisotopic (exact) mass is 148 g/mol. The first kappa shape index (κ1) is 8.32. The Kier molecular flexibility index (Phi) is 3.74. The Morgan fingerprint density at radius 1 is 1.00 bits per heavy atom. The van der Waals surface area contributed by atoms with Crippen molar-refractivity contribution < 1.29 is 0 Å². The average Bonchev–Trinajstić information content (AvgIpc) is 2.07. The predicted octanol–water partition coefficient (Wildman–Crippen LogP) is 3.42. The number of benzene rings is 1. The van der Waals surface area contributed by atoms with E-state index in [1.165, 1.54) is 31.2 Å². The van der Waals surface area contributed by atoms with Gasteiger partial charge in [0, 0.05) is 0 Å². The van der Waals surface area contributed by atoms with Crippen LogP contribution >= 0.6 is 0 Å². The van der Waals surface area contributed by atoms with E-state index in [2.05, 4.69) is 37.3 Å². The van der Waals surface area contributed by atoms with Gasteiger partial charge in [0.05, 0.1) is 0 Å². The first-order valence-electron chi connectivity index (χ1n) is 4.47. The van der Waals surface area contributed by atoms with Gasteiger partial charge in [0.2, 0.25) is 0 Å². The van der Waals surface area contributed by atoms with Crippen molar-refractivity contribution in [3.8, 4) is 0 Å². The molecular weight excluding hydrogens is 132 g/mol. The van der Waals surface area contributed by atoms with Crippen LogP contribution < -0.4 is 0 Å². The number of rotatable bonds is 4. The first-order valence-corrected chi connectivity index (χ1v) is 4.47. The molecule has 0 saturated carbocycles. The highest BCUT2D eigenvalue weighted by molar-refractivity contribution is 5.14. The van der Waals surface area contributed by atoms with Crippen LogP contribution in [0.1, 0.15) is 31.7 Å². The van der Waals surface area contributed by atoms with E-state index in [-0.39, 0.29) is 0 Å². The zero-order valence-corrected chi connectivity index (χ0v) is 7.22. The molecule has 0 radical (unpaired) electrons. The molecule has 0 aliphatic rings. The smallest absolute Gasteiger partial charge is 0.0279 e. The Bertz CT molecular complexity index is 176. The van der Waals surface area contributed by atoms with Crippen LogP contribution in [-0.2, 0) is 6.42 Å². The maximum Gasteiger partial charge on any atom is -0.0279 e. The van der Waals surface area contributed by atoms with Crippen LogP contribution in [-0.4, -0.2) is 0 Å². The Morgan fingerprint density at radius 3 is 2.36 bits per heavy atom. The fourth-order valence-corrected chi connectivity index (χ4v) is 1.22. The van der Waals surface area contributed by atoms with E-state index < -0.39 is 0 Å². The van der Waals surface area contributed by atoms with Gasteiger partial charge in [-0.05, 0) is 18.4 Å².